The van der Waals surface area contributed by atoms with Crippen molar-refractivity contribution in [2.75, 3.05) is 4.90 Å². The molecule has 0 atom stereocenters. The van der Waals surface area contributed by atoms with Crippen LogP contribution < -0.4 is 4.90 Å². The van der Waals surface area contributed by atoms with Crippen LogP contribution in [0.5, 0.6) is 0 Å². The molecule has 0 saturated carbocycles. The molecule has 0 spiro atoms. The summed E-state index contributed by atoms with van der Waals surface area (Å²) in [5, 5.41) is 2.60. The zero-order valence-corrected chi connectivity index (χ0v) is 35.3. The quantitative estimate of drug-likeness (QED) is 0.148. The van der Waals surface area contributed by atoms with Crippen LogP contribution >= 0.6 is 11.3 Å². The third-order valence-electron chi connectivity index (χ3n) is 13.0. The lowest BCUT2D eigenvalue weighted by atomic mass is 9.67. The highest BCUT2D eigenvalue weighted by Crippen LogP contribution is 2.56. The van der Waals surface area contributed by atoms with Gasteiger partial charge in [-0.3, -0.25) is 0 Å². The summed E-state index contributed by atoms with van der Waals surface area (Å²) in [5.74, 6) is 0. The van der Waals surface area contributed by atoms with E-state index in [0.717, 1.165) is 17.1 Å². The molecule has 1 nitrogen and oxygen atoms in total. The van der Waals surface area contributed by atoms with Gasteiger partial charge in [-0.2, -0.15) is 0 Å². The summed E-state index contributed by atoms with van der Waals surface area (Å²) in [7, 11) is 0. The fraction of sp³-hybridized carbons (Fsp3) is 0.0164. The van der Waals surface area contributed by atoms with Gasteiger partial charge in [-0.15, -0.1) is 11.3 Å². The number of fused-ring (bicyclic) bond motifs is 6. The number of hydrogen-bond donors (Lipinski definition) is 0. The molecule has 0 bridgehead atoms. The van der Waals surface area contributed by atoms with Crippen LogP contribution in [0.2, 0.25) is 0 Å². The van der Waals surface area contributed by atoms with E-state index in [4.69, 9.17) is 0 Å². The summed E-state index contributed by atoms with van der Waals surface area (Å²) in [6.07, 6.45) is 0. The van der Waals surface area contributed by atoms with Gasteiger partial charge in [0.25, 0.3) is 0 Å². The molecule has 0 fully saturated rings. The van der Waals surface area contributed by atoms with E-state index in [0.29, 0.717) is 0 Å². The van der Waals surface area contributed by atoms with Gasteiger partial charge in [0.05, 0.1) is 11.1 Å². The minimum absolute atomic E-state index is 0.407. The van der Waals surface area contributed by atoms with Crippen molar-refractivity contribution in [1.29, 1.82) is 0 Å². The van der Waals surface area contributed by atoms with Crippen LogP contribution in [-0.4, -0.2) is 0 Å². The molecule has 296 valence electrons. The molecule has 1 heterocycles. The van der Waals surface area contributed by atoms with E-state index < -0.39 is 5.41 Å². The minimum Gasteiger partial charge on any atom is -0.310 e. The van der Waals surface area contributed by atoms with Crippen molar-refractivity contribution in [2.45, 2.75) is 5.41 Å². The predicted molar refractivity (Wildman–Crippen MR) is 268 cm³/mol. The van der Waals surface area contributed by atoms with Gasteiger partial charge in [-0.1, -0.05) is 206 Å². The van der Waals surface area contributed by atoms with E-state index in [1.165, 1.54) is 86.9 Å². The average molecular weight is 820 g/mol. The van der Waals surface area contributed by atoms with Crippen LogP contribution in [0.1, 0.15) is 22.3 Å². The monoisotopic (exact) mass is 819 g/mol. The van der Waals surface area contributed by atoms with Crippen LogP contribution in [-0.2, 0) is 5.41 Å². The molecule has 1 aliphatic rings. The lowest BCUT2D eigenvalue weighted by Crippen LogP contribution is -2.28. The second-order valence-corrected chi connectivity index (χ2v) is 17.5. The molecule has 0 unspecified atom stereocenters. The van der Waals surface area contributed by atoms with Gasteiger partial charge in [-0.05, 0) is 104 Å². The van der Waals surface area contributed by atoms with Gasteiger partial charge in [0, 0.05) is 37.1 Å². The van der Waals surface area contributed by atoms with Crippen LogP contribution in [0.3, 0.4) is 0 Å². The molecule has 11 aromatic rings. The van der Waals surface area contributed by atoms with Gasteiger partial charge in [0.15, 0.2) is 0 Å². The van der Waals surface area contributed by atoms with Gasteiger partial charge in [-0.25, -0.2) is 0 Å². The number of benzene rings is 10. The predicted octanol–water partition coefficient (Wildman–Crippen LogP) is 16.9. The summed E-state index contributed by atoms with van der Waals surface area (Å²) in [5.41, 5.74) is 18.1. The van der Waals surface area contributed by atoms with Crippen molar-refractivity contribution in [2.24, 2.45) is 0 Å². The summed E-state index contributed by atoms with van der Waals surface area (Å²) in [4.78, 5) is 2.37. The summed E-state index contributed by atoms with van der Waals surface area (Å²) in [6.45, 7) is 0. The molecule has 0 aliphatic heterocycles. The highest BCUT2D eigenvalue weighted by atomic mass is 32.1. The van der Waals surface area contributed by atoms with Crippen molar-refractivity contribution in [3.63, 3.8) is 0 Å². The van der Waals surface area contributed by atoms with E-state index in [1.54, 1.807) is 0 Å². The van der Waals surface area contributed by atoms with E-state index in [-0.39, 0.29) is 0 Å². The Balaban J connectivity index is 0.905. The largest absolute Gasteiger partial charge is 0.310 e. The van der Waals surface area contributed by atoms with Gasteiger partial charge < -0.3 is 4.90 Å². The molecule has 10 aromatic carbocycles. The van der Waals surface area contributed by atoms with Crippen molar-refractivity contribution in [1.82, 2.24) is 0 Å². The molecule has 2 heteroatoms. The number of nitrogens with zero attached hydrogens (tertiary/aromatic N) is 1. The van der Waals surface area contributed by atoms with E-state index in [9.17, 15) is 0 Å². The van der Waals surface area contributed by atoms with Crippen LogP contribution in [0, 0.1) is 0 Å². The van der Waals surface area contributed by atoms with E-state index >= 15 is 0 Å². The highest BCUT2D eigenvalue weighted by molar-refractivity contribution is 7.25. The zero-order chi connectivity index (χ0) is 41.7. The average Bonchev–Trinajstić information content (AvgIpc) is 3.88. The lowest BCUT2D eigenvalue weighted by Gasteiger charge is -2.33. The Morgan fingerprint density at radius 1 is 0.302 bits per heavy atom. The Morgan fingerprint density at radius 3 is 1.44 bits per heavy atom. The van der Waals surface area contributed by atoms with Crippen molar-refractivity contribution in [3.8, 4) is 44.5 Å². The number of rotatable bonds is 8. The fourth-order valence-electron chi connectivity index (χ4n) is 10.1. The smallest absolute Gasteiger partial charge is 0.0714 e. The number of hydrogen-bond acceptors (Lipinski definition) is 2. The molecule has 1 aliphatic carbocycles. The molecule has 0 saturated heterocycles. The van der Waals surface area contributed by atoms with E-state index in [2.05, 4.69) is 254 Å². The molecule has 0 N–H and O–H groups in total. The number of anilines is 3. The third kappa shape index (κ3) is 6.14. The SMILES string of the molecule is c1ccc(-c2ccc(N(c3ccccc3)c3ccccc3-c3ccc(-c4ccc5c(c4)sc4cc(C6(c7ccccc7)c7ccccc7-c7ccccc76)ccc45)cc3)cc2)cc1. The van der Waals surface area contributed by atoms with Gasteiger partial charge in [0.1, 0.15) is 0 Å². The molecule has 0 amide bonds. The maximum Gasteiger partial charge on any atom is 0.0714 e. The van der Waals surface area contributed by atoms with Crippen LogP contribution in [0.4, 0.5) is 17.1 Å². The first-order valence-electron chi connectivity index (χ1n) is 21.7. The maximum absolute atomic E-state index is 2.47. The Bertz CT molecular complexity index is 3380. The van der Waals surface area contributed by atoms with Crippen LogP contribution in [0.25, 0.3) is 64.7 Å². The second-order valence-electron chi connectivity index (χ2n) is 16.4. The summed E-state index contributed by atoms with van der Waals surface area (Å²) >= 11 is 1.89. The van der Waals surface area contributed by atoms with Gasteiger partial charge in [0.2, 0.25) is 0 Å². The maximum atomic E-state index is 2.47. The molecular formula is C61H41NS. The molecule has 63 heavy (non-hydrogen) atoms. The Labute approximate surface area is 372 Å². The van der Waals surface area contributed by atoms with Crippen molar-refractivity contribution >= 4 is 48.6 Å². The lowest BCUT2D eigenvalue weighted by molar-refractivity contribution is 0.770. The van der Waals surface area contributed by atoms with Crippen LogP contribution in [0.15, 0.2) is 249 Å². The first-order chi connectivity index (χ1) is 31.2. The number of thiophene rings is 1. The Hall–Kier alpha value is -7.78. The molecule has 1 aromatic heterocycles. The minimum atomic E-state index is -0.407. The van der Waals surface area contributed by atoms with Crippen molar-refractivity contribution in [3.05, 3.63) is 271 Å². The highest BCUT2D eigenvalue weighted by Gasteiger charge is 2.46. The first-order valence-corrected chi connectivity index (χ1v) is 22.5. The number of para-hydroxylation sites is 2. The van der Waals surface area contributed by atoms with Gasteiger partial charge >= 0.3 is 0 Å². The Kier molecular flexibility index (Phi) is 8.98. The fourth-order valence-corrected chi connectivity index (χ4v) is 11.3. The topological polar surface area (TPSA) is 3.24 Å². The normalized spacial score (nSPS) is 12.6. The molecule has 0 radical (unpaired) electrons. The second kappa shape index (κ2) is 15.3. The Morgan fingerprint density at radius 2 is 0.762 bits per heavy atom. The third-order valence-corrected chi connectivity index (χ3v) is 14.1. The summed E-state index contributed by atoms with van der Waals surface area (Å²) < 4.78 is 2.60. The van der Waals surface area contributed by atoms with E-state index in [1.807, 2.05) is 11.3 Å². The summed E-state index contributed by atoms with van der Waals surface area (Å²) in [6, 6.07) is 91.2. The standard InChI is InChI=1S/C61H41NS/c1-4-16-42(17-5-1)43-32-36-50(37-33-43)62(49-20-8-3-9-21-49)58-27-15-12-22-51(58)45-30-28-44(29-31-45)46-34-38-54-55-39-35-48(41-60(55)63-59(54)40-46)61(47-18-6-2-7-19-47)56-25-13-10-23-52(56)53-24-11-14-26-57(53)61/h1-41H. The molecular weight excluding hydrogens is 779 g/mol. The zero-order valence-electron chi connectivity index (χ0n) is 34.5. The molecule has 12 rings (SSSR count). The van der Waals surface area contributed by atoms with Crippen molar-refractivity contribution < 1.29 is 0 Å². The first kappa shape index (κ1) is 37.0.